The summed E-state index contributed by atoms with van der Waals surface area (Å²) in [6.45, 7) is 2.77. The van der Waals surface area contributed by atoms with Gasteiger partial charge in [0.2, 0.25) is 0 Å². The van der Waals surface area contributed by atoms with E-state index in [-0.39, 0.29) is 23.5 Å². The molecule has 0 spiro atoms. The molecule has 4 nitrogen and oxygen atoms in total. The van der Waals surface area contributed by atoms with Crippen LogP contribution in [0.1, 0.15) is 36.8 Å². The SMILES string of the molecule is CC(CCNc1n[nH]c(=O)c2ccccc12)c1ccc(C2=CC=CCC2(F)F)cc1. The molecule has 0 saturated carbocycles. The van der Waals surface area contributed by atoms with Crippen LogP contribution in [0.15, 0.2) is 71.6 Å². The number of halogens is 2. The van der Waals surface area contributed by atoms with E-state index in [0.29, 0.717) is 23.3 Å². The molecular formula is C24H23F2N3O. The van der Waals surface area contributed by atoms with Crippen LogP contribution in [0.25, 0.3) is 16.3 Å². The van der Waals surface area contributed by atoms with Crippen LogP contribution >= 0.6 is 0 Å². The van der Waals surface area contributed by atoms with Crippen molar-refractivity contribution < 1.29 is 8.78 Å². The summed E-state index contributed by atoms with van der Waals surface area (Å²) in [6.07, 6.45) is 5.25. The summed E-state index contributed by atoms with van der Waals surface area (Å²) < 4.78 is 28.2. The fraction of sp³-hybridized carbons (Fsp3) is 0.250. The molecule has 154 valence electrons. The van der Waals surface area contributed by atoms with Gasteiger partial charge in [0.05, 0.1) is 5.39 Å². The predicted molar refractivity (Wildman–Crippen MR) is 117 cm³/mol. The van der Waals surface area contributed by atoms with E-state index in [1.54, 1.807) is 24.3 Å². The van der Waals surface area contributed by atoms with Gasteiger partial charge in [-0.1, -0.05) is 67.6 Å². The lowest BCUT2D eigenvalue weighted by Crippen LogP contribution is -2.19. The quantitative estimate of drug-likeness (QED) is 0.567. The summed E-state index contributed by atoms with van der Waals surface area (Å²) in [4.78, 5) is 11.9. The highest BCUT2D eigenvalue weighted by Gasteiger charge is 2.34. The lowest BCUT2D eigenvalue weighted by atomic mass is 9.91. The first kappa shape index (κ1) is 20.0. The van der Waals surface area contributed by atoms with Crippen molar-refractivity contribution in [3.05, 3.63) is 88.2 Å². The number of allylic oxidation sites excluding steroid dienone is 4. The van der Waals surface area contributed by atoms with Crippen molar-refractivity contribution in [3.63, 3.8) is 0 Å². The molecule has 1 unspecified atom stereocenters. The molecule has 0 saturated heterocycles. The highest BCUT2D eigenvalue weighted by molar-refractivity contribution is 5.90. The van der Waals surface area contributed by atoms with Gasteiger partial charge >= 0.3 is 0 Å². The standard InChI is InChI=1S/C24H23F2N3O/c1-16(13-15-27-22-19-6-2-3-7-20(19)23(30)29-28-22)17-9-11-18(12-10-17)21-8-4-5-14-24(21,25)26/h2-12,16H,13-15H2,1H3,(H,27,28)(H,29,30). The van der Waals surface area contributed by atoms with Crippen LogP contribution in [0, 0.1) is 0 Å². The van der Waals surface area contributed by atoms with Crippen LogP contribution in [0.2, 0.25) is 0 Å². The molecule has 1 aromatic heterocycles. The Morgan fingerprint density at radius 2 is 1.87 bits per heavy atom. The molecule has 30 heavy (non-hydrogen) atoms. The van der Waals surface area contributed by atoms with Crippen molar-refractivity contribution in [2.45, 2.75) is 31.6 Å². The van der Waals surface area contributed by atoms with Crippen LogP contribution in [-0.2, 0) is 0 Å². The van der Waals surface area contributed by atoms with Gasteiger partial charge in [0.15, 0.2) is 5.82 Å². The maximum atomic E-state index is 14.1. The summed E-state index contributed by atoms with van der Waals surface area (Å²) in [5, 5.41) is 11.3. The van der Waals surface area contributed by atoms with Gasteiger partial charge in [0.25, 0.3) is 11.5 Å². The maximum absolute atomic E-state index is 14.1. The van der Waals surface area contributed by atoms with E-state index in [1.807, 2.05) is 30.3 Å². The van der Waals surface area contributed by atoms with Crippen molar-refractivity contribution >= 4 is 22.2 Å². The van der Waals surface area contributed by atoms with E-state index in [4.69, 9.17) is 0 Å². The van der Waals surface area contributed by atoms with Crippen LogP contribution in [0.3, 0.4) is 0 Å². The number of nitrogens with one attached hydrogen (secondary N) is 2. The lowest BCUT2D eigenvalue weighted by molar-refractivity contribution is 0.0694. The summed E-state index contributed by atoms with van der Waals surface area (Å²) in [5.41, 5.74) is 1.51. The Balaban J connectivity index is 1.41. The number of benzene rings is 2. The Bertz CT molecular complexity index is 1160. The van der Waals surface area contributed by atoms with Crippen LogP contribution in [-0.4, -0.2) is 22.7 Å². The third kappa shape index (κ3) is 4.03. The first-order chi connectivity index (χ1) is 14.5. The van der Waals surface area contributed by atoms with Gasteiger partial charge in [-0.2, -0.15) is 5.10 Å². The Labute approximate surface area is 173 Å². The van der Waals surface area contributed by atoms with Crippen molar-refractivity contribution in [1.82, 2.24) is 10.2 Å². The lowest BCUT2D eigenvalue weighted by Gasteiger charge is -2.22. The highest BCUT2D eigenvalue weighted by Crippen LogP contribution is 2.38. The molecule has 3 aromatic rings. The number of hydrogen-bond acceptors (Lipinski definition) is 3. The Hall–Kier alpha value is -3.28. The van der Waals surface area contributed by atoms with Gasteiger partial charge in [0, 0.05) is 23.9 Å². The number of rotatable bonds is 6. The minimum absolute atomic E-state index is 0.0712. The minimum atomic E-state index is -2.82. The number of nitrogens with zero attached hydrogens (tertiary/aromatic N) is 1. The third-order valence-corrected chi connectivity index (χ3v) is 5.52. The van der Waals surface area contributed by atoms with E-state index in [9.17, 15) is 13.6 Å². The van der Waals surface area contributed by atoms with Crippen molar-refractivity contribution in [2.24, 2.45) is 0 Å². The van der Waals surface area contributed by atoms with Gasteiger partial charge in [-0.25, -0.2) is 13.9 Å². The number of hydrogen-bond donors (Lipinski definition) is 2. The number of alkyl halides is 2. The van der Waals surface area contributed by atoms with Gasteiger partial charge in [-0.3, -0.25) is 4.79 Å². The smallest absolute Gasteiger partial charge is 0.277 e. The third-order valence-electron chi connectivity index (χ3n) is 5.52. The number of H-pyrrole nitrogens is 1. The zero-order valence-corrected chi connectivity index (χ0v) is 16.7. The second-order valence-electron chi connectivity index (χ2n) is 7.60. The Morgan fingerprint density at radius 3 is 2.60 bits per heavy atom. The molecule has 2 aromatic carbocycles. The summed E-state index contributed by atoms with van der Waals surface area (Å²) in [7, 11) is 0. The van der Waals surface area contributed by atoms with E-state index >= 15 is 0 Å². The highest BCUT2D eigenvalue weighted by atomic mass is 19.3. The van der Waals surface area contributed by atoms with Gasteiger partial charge in [-0.15, -0.1) is 0 Å². The molecule has 0 bridgehead atoms. The zero-order chi connectivity index (χ0) is 21.1. The van der Waals surface area contributed by atoms with E-state index in [1.165, 1.54) is 12.2 Å². The van der Waals surface area contributed by atoms with E-state index < -0.39 is 5.92 Å². The molecule has 1 atom stereocenters. The Morgan fingerprint density at radius 1 is 1.13 bits per heavy atom. The molecule has 4 rings (SSSR count). The molecule has 1 aliphatic rings. The topological polar surface area (TPSA) is 57.8 Å². The van der Waals surface area contributed by atoms with Gasteiger partial charge in [0.1, 0.15) is 0 Å². The van der Waals surface area contributed by atoms with Crippen LogP contribution in [0.5, 0.6) is 0 Å². The number of fused-ring (bicyclic) bond motifs is 1. The van der Waals surface area contributed by atoms with Gasteiger partial charge in [-0.05, 0) is 29.5 Å². The average Bonchev–Trinajstić information content (AvgIpc) is 2.75. The summed E-state index contributed by atoms with van der Waals surface area (Å²) in [6, 6.07) is 14.7. The molecule has 1 heterocycles. The molecule has 0 amide bonds. The Kier molecular flexibility index (Phi) is 5.48. The molecule has 1 aliphatic carbocycles. The normalized spacial score (nSPS) is 16.3. The monoisotopic (exact) mass is 407 g/mol. The van der Waals surface area contributed by atoms with Crippen molar-refractivity contribution in [2.75, 3.05) is 11.9 Å². The molecular weight excluding hydrogens is 384 g/mol. The van der Waals surface area contributed by atoms with E-state index in [2.05, 4.69) is 22.4 Å². The second kappa shape index (κ2) is 8.22. The first-order valence-corrected chi connectivity index (χ1v) is 10.0. The second-order valence-corrected chi connectivity index (χ2v) is 7.60. The predicted octanol–water partition coefficient (Wildman–Crippen LogP) is 5.51. The molecule has 2 N–H and O–H groups in total. The largest absolute Gasteiger partial charge is 0.368 e. The maximum Gasteiger partial charge on any atom is 0.277 e. The first-order valence-electron chi connectivity index (χ1n) is 10.0. The number of anilines is 1. The molecule has 0 fully saturated rings. The van der Waals surface area contributed by atoms with Crippen molar-refractivity contribution in [1.29, 1.82) is 0 Å². The van der Waals surface area contributed by atoms with Crippen LogP contribution in [0.4, 0.5) is 14.6 Å². The average molecular weight is 407 g/mol. The zero-order valence-electron chi connectivity index (χ0n) is 16.7. The minimum Gasteiger partial charge on any atom is -0.368 e. The summed E-state index contributed by atoms with van der Waals surface area (Å²) in [5.74, 6) is -1.94. The van der Waals surface area contributed by atoms with E-state index in [0.717, 1.165) is 17.4 Å². The fourth-order valence-corrected chi connectivity index (χ4v) is 3.73. The van der Waals surface area contributed by atoms with Crippen molar-refractivity contribution in [3.8, 4) is 0 Å². The molecule has 0 aliphatic heterocycles. The van der Waals surface area contributed by atoms with Crippen LogP contribution < -0.4 is 10.9 Å². The number of aromatic nitrogens is 2. The summed E-state index contributed by atoms with van der Waals surface area (Å²) >= 11 is 0. The molecule has 6 heteroatoms. The van der Waals surface area contributed by atoms with Gasteiger partial charge < -0.3 is 5.32 Å². The number of aromatic amines is 1. The molecule has 0 radical (unpaired) electrons. The fourth-order valence-electron chi connectivity index (χ4n) is 3.73.